The average molecular weight is 238 g/mol. The fourth-order valence-electron chi connectivity index (χ4n) is 1.11. The van der Waals surface area contributed by atoms with Gasteiger partial charge in [-0.15, -0.1) is 11.3 Å². The van der Waals surface area contributed by atoms with Crippen LogP contribution in [-0.4, -0.2) is 29.4 Å². The zero-order valence-electron chi connectivity index (χ0n) is 9.30. The van der Waals surface area contributed by atoms with Crippen molar-refractivity contribution >= 4 is 17.2 Å². The van der Waals surface area contributed by atoms with Gasteiger partial charge in [-0.1, -0.05) is 0 Å². The van der Waals surface area contributed by atoms with Crippen molar-refractivity contribution in [3.05, 3.63) is 16.1 Å². The minimum Gasteiger partial charge on any atom is -0.339 e. The van der Waals surface area contributed by atoms with E-state index >= 15 is 0 Å². The van der Waals surface area contributed by atoms with Crippen molar-refractivity contribution in [2.75, 3.05) is 13.6 Å². The van der Waals surface area contributed by atoms with Gasteiger partial charge in [0.1, 0.15) is 10.7 Å². The zero-order chi connectivity index (χ0) is 12.1. The Balaban J connectivity index is 2.69. The first kappa shape index (κ1) is 12.6. The smallest absolute Gasteiger partial charge is 0.273 e. The summed E-state index contributed by atoms with van der Waals surface area (Å²) in [5.74, 6) is -0.168. The van der Waals surface area contributed by atoms with Gasteiger partial charge < -0.3 is 10.6 Å². The Kier molecular flexibility index (Phi) is 4.40. The zero-order valence-corrected chi connectivity index (χ0v) is 10.1. The second-order valence-electron chi connectivity index (χ2n) is 3.49. The van der Waals surface area contributed by atoms with Gasteiger partial charge in [0.2, 0.25) is 0 Å². The molecule has 1 amide bonds. The van der Waals surface area contributed by atoms with Crippen LogP contribution in [-0.2, 0) is 0 Å². The highest BCUT2D eigenvalue weighted by Gasteiger charge is 2.16. The van der Waals surface area contributed by atoms with E-state index in [1.165, 1.54) is 16.2 Å². The third kappa shape index (κ3) is 3.02. The summed E-state index contributed by atoms with van der Waals surface area (Å²) < 4.78 is 0. The number of thiazole rings is 1. The molecule has 0 fully saturated rings. The van der Waals surface area contributed by atoms with Crippen molar-refractivity contribution in [3.63, 3.8) is 0 Å². The van der Waals surface area contributed by atoms with E-state index in [0.29, 0.717) is 18.7 Å². The minimum atomic E-state index is -0.168. The van der Waals surface area contributed by atoms with E-state index in [-0.39, 0.29) is 11.9 Å². The number of nitriles is 1. The summed E-state index contributed by atoms with van der Waals surface area (Å²) in [6.07, 6.45) is 0.326. The second-order valence-corrected chi connectivity index (χ2v) is 4.38. The third-order valence-electron chi connectivity index (χ3n) is 2.04. The number of amides is 1. The van der Waals surface area contributed by atoms with Crippen molar-refractivity contribution in [1.82, 2.24) is 9.88 Å². The van der Waals surface area contributed by atoms with E-state index in [2.05, 4.69) is 4.98 Å². The Labute approximate surface area is 98.5 Å². The number of rotatable bonds is 4. The van der Waals surface area contributed by atoms with Gasteiger partial charge in [0.05, 0.1) is 18.5 Å². The molecule has 1 heterocycles. The number of hydrogen-bond acceptors (Lipinski definition) is 5. The van der Waals surface area contributed by atoms with Crippen molar-refractivity contribution in [3.8, 4) is 6.07 Å². The Morgan fingerprint density at radius 2 is 2.50 bits per heavy atom. The maximum absolute atomic E-state index is 11.8. The lowest BCUT2D eigenvalue weighted by Crippen LogP contribution is -2.27. The molecule has 0 radical (unpaired) electrons. The predicted octanol–water partition coefficient (Wildman–Crippen LogP) is 1.15. The van der Waals surface area contributed by atoms with Crippen LogP contribution in [0.4, 0.5) is 0 Å². The molecule has 0 spiro atoms. The van der Waals surface area contributed by atoms with E-state index in [1.807, 2.05) is 13.0 Å². The van der Waals surface area contributed by atoms with Crippen molar-refractivity contribution in [1.29, 1.82) is 5.26 Å². The normalized spacial score (nSPS) is 11.9. The molecule has 0 aliphatic rings. The van der Waals surface area contributed by atoms with Gasteiger partial charge in [0.15, 0.2) is 0 Å². The van der Waals surface area contributed by atoms with Crippen LogP contribution in [0, 0.1) is 11.3 Å². The maximum Gasteiger partial charge on any atom is 0.273 e. The summed E-state index contributed by atoms with van der Waals surface area (Å²) in [5, 5.41) is 10.9. The minimum absolute atomic E-state index is 0.157. The topological polar surface area (TPSA) is 83.0 Å². The molecule has 16 heavy (non-hydrogen) atoms. The number of carbonyl (C=O) groups excluding carboxylic acids is 1. The molecule has 1 rings (SSSR count). The maximum atomic E-state index is 11.8. The van der Waals surface area contributed by atoms with Crippen LogP contribution in [0.2, 0.25) is 0 Å². The molecule has 1 unspecified atom stereocenters. The largest absolute Gasteiger partial charge is 0.339 e. The molecule has 6 heteroatoms. The first-order valence-corrected chi connectivity index (χ1v) is 5.77. The highest BCUT2D eigenvalue weighted by Crippen LogP contribution is 2.16. The number of carbonyl (C=O) groups is 1. The van der Waals surface area contributed by atoms with Gasteiger partial charge in [-0.05, 0) is 6.92 Å². The molecule has 0 saturated heterocycles. The molecular formula is C10H14N4OS. The summed E-state index contributed by atoms with van der Waals surface area (Å²) in [6.45, 7) is 2.24. The fourth-order valence-corrected chi connectivity index (χ4v) is 1.86. The lowest BCUT2D eigenvalue weighted by molar-refractivity contribution is 0.0793. The van der Waals surface area contributed by atoms with E-state index in [1.54, 1.807) is 12.4 Å². The van der Waals surface area contributed by atoms with Crippen LogP contribution in [0.3, 0.4) is 0 Å². The summed E-state index contributed by atoms with van der Waals surface area (Å²) in [6, 6.07) is 1.84. The van der Waals surface area contributed by atoms with Crippen LogP contribution in [0.15, 0.2) is 5.38 Å². The summed E-state index contributed by atoms with van der Waals surface area (Å²) in [4.78, 5) is 17.5. The third-order valence-corrected chi connectivity index (χ3v) is 3.08. The summed E-state index contributed by atoms with van der Waals surface area (Å²) >= 11 is 1.38. The average Bonchev–Trinajstić information content (AvgIpc) is 2.74. The quantitative estimate of drug-likeness (QED) is 0.852. The lowest BCUT2D eigenvalue weighted by Gasteiger charge is -2.13. The van der Waals surface area contributed by atoms with Crippen molar-refractivity contribution in [2.45, 2.75) is 19.4 Å². The first-order valence-electron chi connectivity index (χ1n) is 4.89. The monoisotopic (exact) mass is 238 g/mol. The van der Waals surface area contributed by atoms with E-state index in [0.717, 1.165) is 5.01 Å². The van der Waals surface area contributed by atoms with Gasteiger partial charge >= 0.3 is 0 Å². The second kappa shape index (κ2) is 5.58. The molecule has 2 N–H and O–H groups in total. The number of hydrogen-bond donors (Lipinski definition) is 1. The first-order chi connectivity index (χ1) is 7.56. The SMILES string of the molecule is CC(N)c1nc(C(=O)N(C)CCC#N)cs1. The van der Waals surface area contributed by atoms with E-state index < -0.39 is 0 Å². The van der Waals surface area contributed by atoms with Crippen molar-refractivity contribution in [2.24, 2.45) is 5.73 Å². The molecular weight excluding hydrogens is 224 g/mol. The van der Waals surface area contributed by atoms with Gasteiger partial charge in [-0.2, -0.15) is 5.26 Å². The molecule has 0 aliphatic heterocycles. The highest BCUT2D eigenvalue weighted by molar-refractivity contribution is 7.09. The molecule has 1 atom stereocenters. The molecule has 1 aromatic rings. The highest BCUT2D eigenvalue weighted by atomic mass is 32.1. The molecule has 1 aromatic heterocycles. The number of nitrogens with two attached hydrogens (primary N) is 1. The summed E-state index contributed by atoms with van der Waals surface area (Å²) in [5.41, 5.74) is 6.06. The standard InChI is InChI=1S/C10H14N4OS/c1-7(12)9-13-8(6-16-9)10(15)14(2)5-3-4-11/h6-7H,3,5,12H2,1-2H3. The number of aromatic nitrogens is 1. The summed E-state index contributed by atoms with van der Waals surface area (Å²) in [7, 11) is 1.66. The molecule has 5 nitrogen and oxygen atoms in total. The van der Waals surface area contributed by atoms with Gasteiger partial charge in [-0.25, -0.2) is 4.98 Å². The van der Waals surface area contributed by atoms with Crippen LogP contribution < -0.4 is 5.73 Å². The molecule has 0 saturated carbocycles. The van der Waals surface area contributed by atoms with Gasteiger partial charge in [0, 0.05) is 19.0 Å². The van der Waals surface area contributed by atoms with E-state index in [4.69, 9.17) is 11.0 Å². The van der Waals surface area contributed by atoms with Gasteiger partial charge in [-0.3, -0.25) is 4.79 Å². The molecule has 0 aromatic carbocycles. The molecule has 0 aliphatic carbocycles. The lowest BCUT2D eigenvalue weighted by atomic mass is 10.3. The number of nitrogens with zero attached hydrogens (tertiary/aromatic N) is 3. The molecule has 0 bridgehead atoms. The Morgan fingerprint density at radius 3 is 3.00 bits per heavy atom. The van der Waals surface area contributed by atoms with Crippen LogP contribution in [0.25, 0.3) is 0 Å². The van der Waals surface area contributed by atoms with Crippen molar-refractivity contribution < 1.29 is 4.79 Å². The van der Waals surface area contributed by atoms with Crippen LogP contribution in [0.1, 0.15) is 34.9 Å². The Hall–Kier alpha value is -1.45. The van der Waals surface area contributed by atoms with E-state index in [9.17, 15) is 4.79 Å². The van der Waals surface area contributed by atoms with Gasteiger partial charge in [0.25, 0.3) is 5.91 Å². The van der Waals surface area contributed by atoms with Crippen LogP contribution >= 0.6 is 11.3 Å². The van der Waals surface area contributed by atoms with Crippen LogP contribution in [0.5, 0.6) is 0 Å². The fraction of sp³-hybridized carbons (Fsp3) is 0.500. The Morgan fingerprint density at radius 1 is 1.81 bits per heavy atom. The predicted molar refractivity (Wildman–Crippen MR) is 61.9 cm³/mol. The Bertz CT molecular complexity index is 407. The molecule has 86 valence electrons.